The van der Waals surface area contributed by atoms with Crippen LogP contribution < -0.4 is 4.80 Å². The number of aromatic nitrogens is 1. The fourth-order valence-electron chi connectivity index (χ4n) is 1.88. The molecule has 0 aliphatic heterocycles. The largest absolute Gasteiger partial charge is 0.481 e. The number of thiazole rings is 1. The number of carboxylic acids is 1. The van der Waals surface area contributed by atoms with Gasteiger partial charge in [0.1, 0.15) is 0 Å². The number of halogens is 2. The number of nitrogens with zero attached hydrogens (tertiary/aromatic N) is 2. The van der Waals surface area contributed by atoms with Crippen LogP contribution in [0.1, 0.15) is 23.4 Å². The molecule has 7 heteroatoms. The Labute approximate surface area is 136 Å². The molecular weight excluding hydrogens is 331 g/mol. The van der Waals surface area contributed by atoms with Gasteiger partial charge in [0, 0.05) is 27.7 Å². The van der Waals surface area contributed by atoms with E-state index in [0.717, 1.165) is 10.6 Å². The summed E-state index contributed by atoms with van der Waals surface area (Å²) in [4.78, 5) is 17.1. The summed E-state index contributed by atoms with van der Waals surface area (Å²) < 4.78 is 1.87. The van der Waals surface area contributed by atoms with Gasteiger partial charge in [-0.15, -0.1) is 11.3 Å². The maximum atomic E-state index is 11.2. The van der Waals surface area contributed by atoms with Crippen molar-refractivity contribution >= 4 is 46.2 Å². The van der Waals surface area contributed by atoms with E-state index < -0.39 is 11.9 Å². The summed E-state index contributed by atoms with van der Waals surface area (Å²) in [5, 5.41) is 10.2. The van der Waals surface area contributed by atoms with Crippen molar-refractivity contribution in [3.8, 4) is 0 Å². The van der Waals surface area contributed by atoms with E-state index in [1.165, 1.54) is 11.3 Å². The molecule has 0 bridgehead atoms. The van der Waals surface area contributed by atoms with E-state index in [-0.39, 0.29) is 0 Å². The van der Waals surface area contributed by atoms with Crippen molar-refractivity contribution in [2.45, 2.75) is 19.8 Å². The Balaban J connectivity index is 2.56. The van der Waals surface area contributed by atoms with Crippen LogP contribution in [0.2, 0.25) is 10.0 Å². The van der Waals surface area contributed by atoms with Crippen molar-refractivity contribution < 1.29 is 9.90 Å². The van der Waals surface area contributed by atoms with Crippen molar-refractivity contribution in [2.24, 2.45) is 12.0 Å². The molecule has 1 heterocycles. The molecule has 1 atom stereocenters. The predicted octanol–water partition coefficient (Wildman–Crippen LogP) is 4.12. The predicted molar refractivity (Wildman–Crippen MR) is 85.8 cm³/mol. The maximum absolute atomic E-state index is 11.2. The molecule has 1 aromatic heterocycles. The zero-order valence-electron chi connectivity index (χ0n) is 11.7. The molecule has 1 unspecified atom stereocenters. The Morgan fingerprint density at radius 3 is 2.43 bits per heavy atom. The molecule has 0 fully saturated rings. The van der Waals surface area contributed by atoms with Gasteiger partial charge in [0.05, 0.1) is 11.6 Å². The molecule has 1 N–H and O–H groups in total. The molecule has 0 spiro atoms. The molecule has 0 radical (unpaired) electrons. The SMILES string of the molecule is Cc1c(C(C)C(=O)O)sc(=Nc2cc(Cl)cc(Cl)c2)n1C. The van der Waals surface area contributed by atoms with E-state index in [1.807, 2.05) is 18.5 Å². The van der Waals surface area contributed by atoms with Crippen LogP contribution in [0, 0.1) is 6.92 Å². The second-order valence-electron chi connectivity index (χ2n) is 4.69. The van der Waals surface area contributed by atoms with Crippen molar-refractivity contribution in [3.05, 3.63) is 43.6 Å². The lowest BCUT2D eigenvalue weighted by Gasteiger charge is -2.04. The molecule has 0 amide bonds. The highest BCUT2D eigenvalue weighted by Gasteiger charge is 2.20. The smallest absolute Gasteiger partial charge is 0.311 e. The standard InChI is InChI=1S/C14H14Cl2N2O2S/c1-7(13(19)20)12-8(2)18(3)14(21-12)17-11-5-9(15)4-10(16)6-11/h4-7H,1-3H3,(H,19,20). The number of aliphatic carboxylic acids is 1. The van der Waals surface area contributed by atoms with Gasteiger partial charge in [-0.05, 0) is 32.0 Å². The van der Waals surface area contributed by atoms with Crippen LogP contribution in [0.25, 0.3) is 0 Å². The summed E-state index contributed by atoms with van der Waals surface area (Å²) in [5.41, 5.74) is 1.53. The molecule has 2 aromatic rings. The number of hydrogen-bond donors (Lipinski definition) is 1. The Bertz CT molecular complexity index is 745. The minimum Gasteiger partial charge on any atom is -0.481 e. The first-order valence-electron chi connectivity index (χ1n) is 6.19. The highest BCUT2D eigenvalue weighted by Crippen LogP contribution is 2.26. The van der Waals surface area contributed by atoms with Gasteiger partial charge < -0.3 is 9.67 Å². The lowest BCUT2D eigenvalue weighted by atomic mass is 10.1. The van der Waals surface area contributed by atoms with E-state index >= 15 is 0 Å². The molecule has 0 saturated heterocycles. The van der Waals surface area contributed by atoms with Gasteiger partial charge in [-0.3, -0.25) is 4.79 Å². The topological polar surface area (TPSA) is 54.6 Å². The number of carbonyl (C=O) groups is 1. The van der Waals surface area contributed by atoms with Gasteiger partial charge in [-0.2, -0.15) is 0 Å². The molecule has 1 aromatic carbocycles. The molecule has 21 heavy (non-hydrogen) atoms. The van der Waals surface area contributed by atoms with Crippen molar-refractivity contribution in [1.82, 2.24) is 4.57 Å². The highest BCUT2D eigenvalue weighted by atomic mass is 35.5. The lowest BCUT2D eigenvalue weighted by Crippen LogP contribution is -2.11. The van der Waals surface area contributed by atoms with Crippen LogP contribution in [0.5, 0.6) is 0 Å². The third-order valence-electron chi connectivity index (χ3n) is 3.18. The molecular formula is C14H14Cl2N2O2S. The lowest BCUT2D eigenvalue weighted by molar-refractivity contribution is -0.138. The van der Waals surface area contributed by atoms with E-state index in [0.29, 0.717) is 20.5 Å². The average molecular weight is 345 g/mol. The fraction of sp³-hybridized carbons (Fsp3) is 0.286. The highest BCUT2D eigenvalue weighted by molar-refractivity contribution is 7.09. The summed E-state index contributed by atoms with van der Waals surface area (Å²) >= 11 is 13.3. The van der Waals surface area contributed by atoms with Crippen molar-refractivity contribution in [1.29, 1.82) is 0 Å². The van der Waals surface area contributed by atoms with Crippen LogP contribution in [0.15, 0.2) is 23.2 Å². The minimum atomic E-state index is -0.850. The number of rotatable bonds is 3. The first kappa shape index (κ1) is 16.1. The molecule has 112 valence electrons. The Kier molecular flexibility index (Phi) is 4.76. The maximum Gasteiger partial charge on any atom is 0.311 e. The van der Waals surface area contributed by atoms with E-state index in [1.54, 1.807) is 25.1 Å². The quantitative estimate of drug-likeness (QED) is 0.910. The summed E-state index contributed by atoms with van der Waals surface area (Å²) in [7, 11) is 1.86. The van der Waals surface area contributed by atoms with Gasteiger partial charge in [0.2, 0.25) is 0 Å². The Morgan fingerprint density at radius 2 is 1.90 bits per heavy atom. The van der Waals surface area contributed by atoms with E-state index in [2.05, 4.69) is 4.99 Å². The third-order valence-corrected chi connectivity index (χ3v) is 5.04. The molecule has 0 saturated carbocycles. The van der Waals surface area contributed by atoms with Gasteiger partial charge in [-0.1, -0.05) is 23.2 Å². The second-order valence-corrected chi connectivity index (χ2v) is 6.57. The Morgan fingerprint density at radius 1 is 1.33 bits per heavy atom. The zero-order chi connectivity index (χ0) is 15.7. The van der Waals surface area contributed by atoms with Gasteiger partial charge in [-0.25, -0.2) is 4.99 Å². The number of hydrogen-bond acceptors (Lipinski definition) is 3. The van der Waals surface area contributed by atoms with Crippen LogP contribution in [-0.4, -0.2) is 15.6 Å². The van der Waals surface area contributed by atoms with Crippen molar-refractivity contribution in [3.63, 3.8) is 0 Å². The third kappa shape index (κ3) is 3.48. The zero-order valence-corrected chi connectivity index (χ0v) is 14.1. The summed E-state index contributed by atoms with van der Waals surface area (Å²) in [6.07, 6.45) is 0. The van der Waals surface area contributed by atoms with Crippen LogP contribution in [-0.2, 0) is 11.8 Å². The molecule has 0 aliphatic carbocycles. The van der Waals surface area contributed by atoms with Crippen LogP contribution in [0.4, 0.5) is 5.69 Å². The normalized spacial score (nSPS) is 13.5. The molecule has 4 nitrogen and oxygen atoms in total. The van der Waals surface area contributed by atoms with E-state index in [4.69, 9.17) is 28.3 Å². The number of benzene rings is 1. The van der Waals surface area contributed by atoms with Gasteiger partial charge in [0.15, 0.2) is 4.80 Å². The van der Waals surface area contributed by atoms with Crippen LogP contribution >= 0.6 is 34.5 Å². The van der Waals surface area contributed by atoms with Crippen molar-refractivity contribution in [2.75, 3.05) is 0 Å². The van der Waals surface area contributed by atoms with Crippen LogP contribution in [0.3, 0.4) is 0 Å². The first-order valence-corrected chi connectivity index (χ1v) is 7.76. The second kappa shape index (κ2) is 6.22. The summed E-state index contributed by atoms with van der Waals surface area (Å²) in [5.74, 6) is -1.41. The summed E-state index contributed by atoms with van der Waals surface area (Å²) in [6, 6.07) is 5.06. The fourth-order valence-corrected chi connectivity index (χ4v) is 3.57. The van der Waals surface area contributed by atoms with Gasteiger partial charge >= 0.3 is 5.97 Å². The molecule has 0 aliphatic rings. The number of carboxylic acid groups (broad SMARTS) is 1. The first-order chi connectivity index (χ1) is 9.79. The van der Waals surface area contributed by atoms with Gasteiger partial charge in [0.25, 0.3) is 0 Å². The minimum absolute atomic E-state index is 0.510. The monoisotopic (exact) mass is 344 g/mol. The van der Waals surface area contributed by atoms with E-state index in [9.17, 15) is 4.79 Å². The average Bonchev–Trinajstić information content (AvgIpc) is 2.65. The molecule has 2 rings (SSSR count). The Hall–Kier alpha value is -1.30. The summed E-state index contributed by atoms with van der Waals surface area (Å²) in [6.45, 7) is 3.55.